The zero-order valence-electron chi connectivity index (χ0n) is 16.9. The van der Waals surface area contributed by atoms with E-state index >= 15 is 0 Å². The number of rotatable bonds is 4. The summed E-state index contributed by atoms with van der Waals surface area (Å²) in [6.45, 7) is 1.17. The summed E-state index contributed by atoms with van der Waals surface area (Å²) in [5.41, 5.74) is 10.1. The van der Waals surface area contributed by atoms with Gasteiger partial charge in [-0.3, -0.25) is 9.59 Å². The van der Waals surface area contributed by atoms with Crippen LogP contribution in [0.15, 0.2) is 55.0 Å². The van der Waals surface area contributed by atoms with Gasteiger partial charge in [-0.25, -0.2) is 4.68 Å². The Balaban J connectivity index is 0.000000913. The number of benzene rings is 2. The molecular formula is C20H19BN6O5. The number of aromatic nitrogens is 4. The Hall–Kier alpha value is -4.29. The predicted molar refractivity (Wildman–Crippen MR) is 119 cm³/mol. The number of nitrogens with zero attached hydrogens (tertiary/aromatic N) is 4. The van der Waals surface area contributed by atoms with Crippen LogP contribution in [0.3, 0.4) is 0 Å². The lowest BCUT2D eigenvalue weighted by Crippen LogP contribution is -2.30. The van der Waals surface area contributed by atoms with Gasteiger partial charge in [0.25, 0.3) is 6.47 Å². The minimum atomic E-state index is -1.62. The van der Waals surface area contributed by atoms with Crippen molar-refractivity contribution in [2.75, 3.05) is 11.1 Å². The Morgan fingerprint density at radius 3 is 2.62 bits per heavy atom. The first kappa shape index (κ1) is 22.4. The SMILES string of the molecule is CC(=O)Nc1cnn(-c2ccc(B(O)O)cc2-c2ccc3c(N)cnnc3c2)c1.O=CO. The average molecular weight is 434 g/mol. The predicted octanol–water partition coefficient (Wildman–Crippen LogP) is 0.404. The number of nitrogens with one attached hydrogen (secondary N) is 1. The number of fused-ring (bicyclic) bond motifs is 1. The summed E-state index contributed by atoms with van der Waals surface area (Å²) in [7, 11) is -1.62. The van der Waals surface area contributed by atoms with Crippen LogP contribution in [0.4, 0.5) is 11.4 Å². The molecule has 0 saturated carbocycles. The Kier molecular flexibility index (Phi) is 6.78. The normalized spacial score (nSPS) is 10.2. The van der Waals surface area contributed by atoms with Crippen LogP contribution in [-0.4, -0.2) is 54.6 Å². The van der Waals surface area contributed by atoms with Crippen LogP contribution in [0.1, 0.15) is 6.92 Å². The van der Waals surface area contributed by atoms with Gasteiger partial charge in [0.05, 0.1) is 41.2 Å². The third-order valence-corrected chi connectivity index (χ3v) is 4.45. The highest BCUT2D eigenvalue weighted by atomic mass is 16.4. The van der Waals surface area contributed by atoms with Crippen molar-refractivity contribution < 1.29 is 24.7 Å². The van der Waals surface area contributed by atoms with E-state index in [1.165, 1.54) is 19.3 Å². The second-order valence-electron chi connectivity index (χ2n) is 6.64. The topological polar surface area (TPSA) is 176 Å². The second-order valence-corrected chi connectivity index (χ2v) is 6.64. The minimum Gasteiger partial charge on any atom is -0.483 e. The molecule has 0 bridgehead atoms. The fraction of sp³-hybridized carbons (Fsp3) is 0.0500. The van der Waals surface area contributed by atoms with E-state index in [1.54, 1.807) is 29.1 Å². The molecular weight excluding hydrogens is 415 g/mol. The molecule has 1 amide bonds. The minimum absolute atomic E-state index is 0.200. The Morgan fingerprint density at radius 2 is 1.94 bits per heavy atom. The summed E-state index contributed by atoms with van der Waals surface area (Å²) in [6.07, 6.45) is 4.70. The molecule has 32 heavy (non-hydrogen) atoms. The monoisotopic (exact) mass is 434 g/mol. The van der Waals surface area contributed by atoms with Gasteiger partial charge in [0.2, 0.25) is 5.91 Å². The molecule has 0 fully saturated rings. The molecule has 0 atom stereocenters. The van der Waals surface area contributed by atoms with Crippen LogP contribution >= 0.6 is 0 Å². The van der Waals surface area contributed by atoms with Crippen molar-refractivity contribution in [2.45, 2.75) is 6.92 Å². The lowest BCUT2D eigenvalue weighted by Gasteiger charge is -2.13. The zero-order valence-corrected chi connectivity index (χ0v) is 16.9. The quantitative estimate of drug-likeness (QED) is 0.225. The molecule has 12 heteroatoms. The molecule has 0 aliphatic heterocycles. The highest BCUT2D eigenvalue weighted by molar-refractivity contribution is 6.58. The number of amides is 1. The third kappa shape index (κ3) is 4.88. The van der Waals surface area contributed by atoms with Crippen molar-refractivity contribution in [2.24, 2.45) is 0 Å². The maximum absolute atomic E-state index is 11.3. The molecule has 2 aromatic heterocycles. The van der Waals surface area contributed by atoms with Crippen LogP contribution in [0, 0.1) is 0 Å². The number of anilines is 2. The van der Waals surface area contributed by atoms with E-state index in [4.69, 9.17) is 15.6 Å². The number of hydrogen-bond acceptors (Lipinski definition) is 8. The standard InChI is InChI=1S/C19H17BN6O3.CH2O2/c1-11(27)24-14-8-23-26(10-14)19-5-3-13(20(28)29)7-16(19)12-2-4-15-17(21)9-22-25-18(15)6-12;2-1-3/h2-10,28-29H,1H3,(H2,21,25)(H,24,27);1H,(H,2,3). The first-order chi connectivity index (χ1) is 15.3. The van der Waals surface area contributed by atoms with Crippen molar-refractivity contribution in [3.63, 3.8) is 0 Å². The molecule has 2 aromatic carbocycles. The number of carboxylic acid groups (broad SMARTS) is 1. The number of nitrogens with two attached hydrogens (primary N) is 1. The maximum Gasteiger partial charge on any atom is 0.488 e. The summed E-state index contributed by atoms with van der Waals surface area (Å²) in [6, 6.07) is 10.5. The summed E-state index contributed by atoms with van der Waals surface area (Å²) < 4.78 is 1.60. The highest BCUT2D eigenvalue weighted by Crippen LogP contribution is 2.30. The summed E-state index contributed by atoms with van der Waals surface area (Å²) in [5, 5.41) is 41.9. The molecule has 162 valence electrons. The molecule has 0 aliphatic rings. The molecule has 2 heterocycles. The summed E-state index contributed by atoms with van der Waals surface area (Å²) in [4.78, 5) is 19.7. The van der Waals surface area contributed by atoms with Gasteiger partial charge >= 0.3 is 7.12 Å². The Morgan fingerprint density at radius 1 is 1.19 bits per heavy atom. The van der Waals surface area contributed by atoms with E-state index in [1.807, 2.05) is 18.2 Å². The van der Waals surface area contributed by atoms with Gasteiger partial charge in [-0.05, 0) is 29.2 Å². The van der Waals surface area contributed by atoms with Gasteiger partial charge < -0.3 is 26.2 Å². The molecule has 0 radical (unpaired) electrons. The van der Waals surface area contributed by atoms with Crippen molar-refractivity contribution >= 4 is 47.2 Å². The fourth-order valence-electron chi connectivity index (χ4n) is 3.12. The largest absolute Gasteiger partial charge is 0.488 e. The van der Waals surface area contributed by atoms with Gasteiger partial charge in [-0.15, -0.1) is 0 Å². The lowest BCUT2D eigenvalue weighted by molar-refractivity contribution is -0.123. The smallest absolute Gasteiger partial charge is 0.483 e. The van der Waals surface area contributed by atoms with Crippen LogP contribution in [-0.2, 0) is 9.59 Å². The van der Waals surface area contributed by atoms with Gasteiger partial charge in [0.15, 0.2) is 0 Å². The van der Waals surface area contributed by atoms with Gasteiger partial charge in [-0.2, -0.15) is 15.3 Å². The summed E-state index contributed by atoms with van der Waals surface area (Å²) in [5.74, 6) is -0.200. The van der Waals surface area contributed by atoms with E-state index in [9.17, 15) is 14.8 Å². The van der Waals surface area contributed by atoms with E-state index in [0.29, 0.717) is 33.6 Å². The number of hydrogen-bond donors (Lipinski definition) is 5. The molecule has 6 N–H and O–H groups in total. The van der Waals surface area contributed by atoms with Crippen LogP contribution in [0.25, 0.3) is 27.7 Å². The van der Waals surface area contributed by atoms with Crippen molar-refractivity contribution in [1.82, 2.24) is 20.0 Å². The molecule has 0 spiro atoms. The van der Waals surface area contributed by atoms with Gasteiger partial charge in [-0.1, -0.05) is 18.2 Å². The van der Waals surface area contributed by atoms with Gasteiger partial charge in [0.1, 0.15) is 0 Å². The molecule has 0 unspecified atom stereocenters. The van der Waals surface area contributed by atoms with Crippen molar-refractivity contribution in [3.05, 3.63) is 55.0 Å². The van der Waals surface area contributed by atoms with Crippen LogP contribution in [0.2, 0.25) is 0 Å². The fourth-order valence-corrected chi connectivity index (χ4v) is 3.12. The third-order valence-electron chi connectivity index (χ3n) is 4.45. The first-order valence-electron chi connectivity index (χ1n) is 9.26. The highest BCUT2D eigenvalue weighted by Gasteiger charge is 2.17. The molecule has 4 aromatic rings. The summed E-state index contributed by atoms with van der Waals surface area (Å²) >= 11 is 0. The number of nitrogen functional groups attached to an aromatic ring is 1. The van der Waals surface area contributed by atoms with E-state index in [-0.39, 0.29) is 12.4 Å². The van der Waals surface area contributed by atoms with Crippen molar-refractivity contribution in [3.8, 4) is 16.8 Å². The van der Waals surface area contributed by atoms with Crippen LogP contribution < -0.4 is 16.5 Å². The molecule has 11 nitrogen and oxygen atoms in total. The van der Waals surface area contributed by atoms with Gasteiger partial charge in [0, 0.05) is 17.9 Å². The van der Waals surface area contributed by atoms with E-state index in [0.717, 1.165) is 10.9 Å². The van der Waals surface area contributed by atoms with Crippen LogP contribution in [0.5, 0.6) is 0 Å². The van der Waals surface area contributed by atoms with Crippen molar-refractivity contribution in [1.29, 1.82) is 0 Å². The number of carbonyl (C=O) groups excluding carboxylic acids is 1. The first-order valence-corrected chi connectivity index (χ1v) is 9.26. The second kappa shape index (κ2) is 9.68. The number of carbonyl (C=O) groups is 2. The maximum atomic E-state index is 11.3. The molecule has 4 rings (SSSR count). The average Bonchev–Trinajstić information content (AvgIpc) is 3.21. The van der Waals surface area contributed by atoms with E-state index in [2.05, 4.69) is 20.6 Å². The lowest BCUT2D eigenvalue weighted by atomic mass is 9.78. The van der Waals surface area contributed by atoms with E-state index < -0.39 is 7.12 Å². The molecule has 0 aliphatic carbocycles. The molecule has 0 saturated heterocycles. The Bertz CT molecular complexity index is 1280. The Labute approximate surface area is 182 Å². The zero-order chi connectivity index (χ0) is 23.3.